The average Bonchev–Trinajstić information content (AvgIpc) is 3.69. The van der Waals surface area contributed by atoms with Gasteiger partial charge in [0.25, 0.3) is 0 Å². The van der Waals surface area contributed by atoms with Gasteiger partial charge in [-0.05, 0) is 102 Å². The number of rotatable bonds is 6. The largest absolute Gasteiger partial charge is 0.309 e. The highest BCUT2D eigenvalue weighted by molar-refractivity contribution is 6.10. The van der Waals surface area contributed by atoms with Gasteiger partial charge >= 0.3 is 0 Å². The standard InChI is InChI=1S/C46H29N5/c1-3-10-37-39-23-30(27-47)19-21-43(39)50(41(37)4-2)36-15-8-12-33(26-36)32-11-7-13-34(25-32)46-35(29-49)14-9-18-45(46)51-42-17-6-5-16-38(42)40-24-31(28-48)20-22-44(40)51/h3-26H,2H2,1H3/b10-3-. The van der Waals surface area contributed by atoms with Crippen molar-refractivity contribution in [2.75, 3.05) is 0 Å². The molecule has 0 unspecified atom stereocenters. The summed E-state index contributed by atoms with van der Waals surface area (Å²) in [5.41, 5.74) is 12.3. The molecule has 0 saturated carbocycles. The molecule has 0 aliphatic heterocycles. The Hall–Kier alpha value is -7.39. The first kappa shape index (κ1) is 30.9. The van der Waals surface area contributed by atoms with Crippen LogP contribution in [0.25, 0.3) is 78.5 Å². The van der Waals surface area contributed by atoms with Gasteiger partial charge in [-0.1, -0.05) is 73.3 Å². The number of benzene rings is 6. The van der Waals surface area contributed by atoms with Gasteiger partial charge in [0.2, 0.25) is 0 Å². The molecule has 2 aromatic heterocycles. The maximum Gasteiger partial charge on any atom is 0.0998 e. The number of hydrogen-bond acceptors (Lipinski definition) is 3. The van der Waals surface area contributed by atoms with E-state index in [0.717, 1.165) is 77.6 Å². The lowest BCUT2D eigenvalue weighted by Crippen LogP contribution is -2.00. The fourth-order valence-electron chi connectivity index (χ4n) is 7.33. The van der Waals surface area contributed by atoms with Crippen molar-refractivity contribution in [1.82, 2.24) is 9.13 Å². The number of allylic oxidation sites excluding steroid dienone is 1. The summed E-state index contributed by atoms with van der Waals surface area (Å²) in [4.78, 5) is 0. The van der Waals surface area contributed by atoms with Crippen molar-refractivity contribution in [3.8, 4) is 51.8 Å². The van der Waals surface area contributed by atoms with Crippen LogP contribution in [0.2, 0.25) is 0 Å². The van der Waals surface area contributed by atoms with Gasteiger partial charge in [-0.15, -0.1) is 0 Å². The molecule has 0 saturated heterocycles. The quantitative estimate of drug-likeness (QED) is 0.179. The summed E-state index contributed by atoms with van der Waals surface area (Å²) >= 11 is 0. The van der Waals surface area contributed by atoms with Crippen LogP contribution in [0.15, 0.2) is 140 Å². The second-order valence-corrected chi connectivity index (χ2v) is 12.3. The number of nitriles is 3. The van der Waals surface area contributed by atoms with E-state index in [4.69, 9.17) is 0 Å². The predicted molar refractivity (Wildman–Crippen MR) is 207 cm³/mol. The Morgan fingerprint density at radius 2 is 1.22 bits per heavy atom. The number of para-hydroxylation sites is 1. The summed E-state index contributed by atoms with van der Waals surface area (Å²) in [5, 5.41) is 32.7. The Balaban J connectivity index is 1.31. The normalized spacial score (nSPS) is 11.2. The molecule has 0 aliphatic carbocycles. The molecule has 8 rings (SSSR count). The monoisotopic (exact) mass is 651 g/mol. The van der Waals surface area contributed by atoms with Crippen molar-refractivity contribution in [2.45, 2.75) is 6.92 Å². The molecule has 0 aliphatic rings. The minimum atomic E-state index is 0.570. The number of hydrogen-bond donors (Lipinski definition) is 0. The van der Waals surface area contributed by atoms with E-state index in [0.29, 0.717) is 16.7 Å². The average molecular weight is 652 g/mol. The second kappa shape index (κ2) is 12.6. The summed E-state index contributed by atoms with van der Waals surface area (Å²) in [6.45, 7) is 6.14. The van der Waals surface area contributed by atoms with E-state index < -0.39 is 0 Å². The van der Waals surface area contributed by atoms with E-state index >= 15 is 0 Å². The summed E-state index contributed by atoms with van der Waals surface area (Å²) in [7, 11) is 0. The first-order chi connectivity index (χ1) is 25.1. The van der Waals surface area contributed by atoms with Crippen molar-refractivity contribution in [2.24, 2.45) is 0 Å². The third-order valence-corrected chi connectivity index (χ3v) is 9.49. The van der Waals surface area contributed by atoms with E-state index in [1.165, 1.54) is 0 Å². The van der Waals surface area contributed by atoms with Crippen LogP contribution in [0.3, 0.4) is 0 Å². The fraction of sp³-hybridized carbons (Fsp3) is 0.0217. The minimum Gasteiger partial charge on any atom is -0.309 e. The van der Waals surface area contributed by atoms with Crippen LogP contribution < -0.4 is 0 Å². The van der Waals surface area contributed by atoms with E-state index in [2.05, 4.69) is 101 Å². The van der Waals surface area contributed by atoms with Gasteiger partial charge in [0, 0.05) is 33.0 Å². The molecular formula is C46H29N5. The lowest BCUT2D eigenvalue weighted by atomic mass is 9.94. The van der Waals surface area contributed by atoms with Gasteiger partial charge in [0.05, 0.1) is 62.8 Å². The van der Waals surface area contributed by atoms with E-state index in [9.17, 15) is 15.8 Å². The third kappa shape index (κ3) is 4.99. The van der Waals surface area contributed by atoms with Gasteiger partial charge < -0.3 is 9.13 Å². The van der Waals surface area contributed by atoms with Gasteiger partial charge in [-0.2, -0.15) is 15.8 Å². The molecule has 6 aromatic carbocycles. The molecular weight excluding hydrogens is 623 g/mol. The smallest absolute Gasteiger partial charge is 0.0998 e. The first-order valence-electron chi connectivity index (χ1n) is 16.6. The highest BCUT2D eigenvalue weighted by atomic mass is 15.0. The summed E-state index contributed by atoms with van der Waals surface area (Å²) in [6, 6.07) is 49.3. The molecule has 51 heavy (non-hydrogen) atoms. The Bertz CT molecular complexity index is 2880. The topological polar surface area (TPSA) is 81.2 Å². The van der Waals surface area contributed by atoms with E-state index in [1.54, 1.807) is 0 Å². The lowest BCUT2D eigenvalue weighted by Gasteiger charge is -2.16. The Labute approximate surface area is 295 Å². The number of nitrogens with zero attached hydrogens (tertiary/aromatic N) is 5. The number of fused-ring (bicyclic) bond motifs is 4. The molecule has 2 heterocycles. The van der Waals surface area contributed by atoms with Crippen LogP contribution >= 0.6 is 0 Å². The summed E-state index contributed by atoms with van der Waals surface area (Å²) in [6.07, 6.45) is 5.93. The second-order valence-electron chi connectivity index (χ2n) is 12.3. The van der Waals surface area contributed by atoms with Gasteiger partial charge in [0.1, 0.15) is 0 Å². The zero-order valence-corrected chi connectivity index (χ0v) is 27.8. The highest BCUT2D eigenvalue weighted by Gasteiger charge is 2.20. The van der Waals surface area contributed by atoms with Crippen molar-refractivity contribution < 1.29 is 0 Å². The predicted octanol–water partition coefficient (Wildman–Crippen LogP) is 11.4. The summed E-state index contributed by atoms with van der Waals surface area (Å²) < 4.78 is 4.39. The Morgan fingerprint density at radius 1 is 0.569 bits per heavy atom. The molecule has 0 spiro atoms. The fourth-order valence-corrected chi connectivity index (χ4v) is 7.33. The first-order valence-corrected chi connectivity index (χ1v) is 16.6. The van der Waals surface area contributed by atoms with Crippen LogP contribution in [0.1, 0.15) is 34.9 Å². The highest BCUT2D eigenvalue weighted by Crippen LogP contribution is 2.40. The van der Waals surface area contributed by atoms with Gasteiger partial charge in [-0.25, -0.2) is 0 Å². The van der Waals surface area contributed by atoms with Crippen molar-refractivity contribution >= 4 is 44.9 Å². The minimum absolute atomic E-state index is 0.570. The number of aromatic nitrogens is 2. The van der Waals surface area contributed by atoms with Crippen LogP contribution in [-0.2, 0) is 0 Å². The molecule has 8 aromatic rings. The zero-order chi connectivity index (χ0) is 35.1. The molecule has 0 N–H and O–H groups in total. The van der Waals surface area contributed by atoms with E-state index in [-0.39, 0.29) is 0 Å². The zero-order valence-electron chi connectivity index (χ0n) is 27.8. The van der Waals surface area contributed by atoms with Crippen LogP contribution in [0.5, 0.6) is 0 Å². The van der Waals surface area contributed by atoms with E-state index in [1.807, 2.05) is 85.8 Å². The van der Waals surface area contributed by atoms with Gasteiger partial charge in [0.15, 0.2) is 0 Å². The van der Waals surface area contributed by atoms with Crippen LogP contribution in [0.4, 0.5) is 0 Å². The Kier molecular flexibility index (Phi) is 7.62. The van der Waals surface area contributed by atoms with Crippen LogP contribution in [-0.4, -0.2) is 9.13 Å². The SMILES string of the molecule is C=Cc1c(/C=C\C)c2cc(C#N)ccc2n1-c1cccc(-c2cccc(-c3c(C#N)cccc3-n3c4ccccc4c4cc(C#N)ccc43)c2)c1. The maximum absolute atomic E-state index is 10.4. The van der Waals surface area contributed by atoms with Crippen molar-refractivity contribution in [3.63, 3.8) is 0 Å². The van der Waals surface area contributed by atoms with Crippen molar-refractivity contribution in [1.29, 1.82) is 15.8 Å². The van der Waals surface area contributed by atoms with Gasteiger partial charge in [-0.3, -0.25) is 0 Å². The Morgan fingerprint density at radius 3 is 1.94 bits per heavy atom. The van der Waals surface area contributed by atoms with Crippen molar-refractivity contribution in [3.05, 3.63) is 168 Å². The molecule has 0 fully saturated rings. The molecule has 0 amide bonds. The lowest BCUT2D eigenvalue weighted by molar-refractivity contribution is 1.11. The molecule has 0 radical (unpaired) electrons. The maximum atomic E-state index is 10.4. The molecule has 5 nitrogen and oxygen atoms in total. The molecule has 0 bridgehead atoms. The van der Waals surface area contributed by atoms with Crippen LogP contribution in [0, 0.1) is 34.0 Å². The summed E-state index contributed by atoms with van der Waals surface area (Å²) in [5.74, 6) is 0. The molecule has 0 atom stereocenters. The third-order valence-electron chi connectivity index (χ3n) is 9.49. The molecule has 238 valence electrons. The molecule has 5 heteroatoms.